The van der Waals surface area contributed by atoms with E-state index >= 15 is 0 Å². The van der Waals surface area contributed by atoms with Crippen LogP contribution in [0.25, 0.3) is 21.6 Å². The van der Waals surface area contributed by atoms with Crippen LogP contribution in [-0.2, 0) is 48.3 Å². The molecule has 0 radical (unpaired) electrons. The van der Waals surface area contributed by atoms with Crippen LogP contribution in [0.1, 0.15) is 24.4 Å². The lowest BCUT2D eigenvalue weighted by atomic mass is 9.75. The molecule has 66 heavy (non-hydrogen) atoms. The molecule has 1 amide bonds. The number of ether oxygens (including phenoxy) is 3. The summed E-state index contributed by atoms with van der Waals surface area (Å²) in [5, 5.41) is 37.7. The normalized spacial score (nSPS) is 28.6. The van der Waals surface area contributed by atoms with E-state index in [4.69, 9.17) is 40.3 Å². The number of aliphatic hydroxyl groups excluding tert-OH is 2. The van der Waals surface area contributed by atoms with E-state index in [-0.39, 0.29) is 48.1 Å². The Kier molecular flexibility index (Phi) is 14.6. The summed E-state index contributed by atoms with van der Waals surface area (Å²) in [6, 6.07) is 7.14. The van der Waals surface area contributed by atoms with Gasteiger partial charge in [-0.15, -0.1) is 0 Å². The average Bonchev–Trinajstić information content (AvgIpc) is 4.02. The highest BCUT2D eigenvalue weighted by molar-refractivity contribution is 8.76. The van der Waals surface area contributed by atoms with Gasteiger partial charge in [0.05, 0.1) is 31.6 Å². The number of anilines is 2. The molecule has 4 aromatic rings. The number of carbonyl (C=O) groups excluding carboxylic acids is 1. The smallest absolute Gasteiger partial charge is 0.472 e. The van der Waals surface area contributed by atoms with E-state index in [0.717, 1.165) is 28.1 Å². The predicted octanol–water partition coefficient (Wildman–Crippen LogP) is 1.18. The van der Waals surface area contributed by atoms with Crippen LogP contribution in [0.3, 0.4) is 0 Å². The van der Waals surface area contributed by atoms with Crippen molar-refractivity contribution in [3.8, 4) is 0 Å². The van der Waals surface area contributed by atoms with Crippen molar-refractivity contribution in [1.82, 2.24) is 34.0 Å². The monoisotopic (exact) mass is 1000 g/mol. The van der Waals surface area contributed by atoms with Crippen molar-refractivity contribution in [3.63, 3.8) is 0 Å². The summed E-state index contributed by atoms with van der Waals surface area (Å²) in [4.78, 5) is 90.0. The number of phosphoric ester groups is 2. The number of azide groups is 1. The fraction of sp³-hybridized carbons (Fsp3) is 0.485. The number of likely N-dealkylation sites (tertiary alicyclic amines) is 1. The molecule has 0 bridgehead atoms. The molecule has 3 saturated heterocycles. The molecule has 1 unspecified atom stereocenters. The summed E-state index contributed by atoms with van der Waals surface area (Å²) in [7, 11) is -8.25. The zero-order valence-corrected chi connectivity index (χ0v) is 37.3. The molecular formula is C33H40N12O17P2S2. The highest BCUT2D eigenvalue weighted by Gasteiger charge is 2.67. The fourth-order valence-corrected chi connectivity index (χ4v) is 11.4. The number of phosphoric acid groups is 2. The Morgan fingerprint density at radius 2 is 1.71 bits per heavy atom. The van der Waals surface area contributed by atoms with E-state index in [1.807, 2.05) is 0 Å². The van der Waals surface area contributed by atoms with E-state index in [1.165, 1.54) is 56.7 Å². The highest BCUT2D eigenvalue weighted by Crippen LogP contribution is 2.54. The highest BCUT2D eigenvalue weighted by atomic mass is 33.1. The number of imidazole rings is 1. The van der Waals surface area contributed by atoms with Gasteiger partial charge in [0, 0.05) is 28.6 Å². The minimum Gasteiger partial charge on any atom is -0.479 e. The zero-order chi connectivity index (χ0) is 47.7. The van der Waals surface area contributed by atoms with Crippen LogP contribution in [0, 0.1) is 5.92 Å². The van der Waals surface area contributed by atoms with Crippen LogP contribution in [0.15, 0.2) is 59.1 Å². The van der Waals surface area contributed by atoms with Crippen molar-refractivity contribution in [3.05, 3.63) is 75.7 Å². The van der Waals surface area contributed by atoms with E-state index in [0.29, 0.717) is 5.56 Å². The molecule has 7 rings (SSSR count). The number of hydrogen-bond donors (Lipinski definition) is 8. The second-order valence-corrected chi connectivity index (χ2v) is 20.1. The SMILES string of the molecule is CSS[C@H]1CN(C(=O)OCc2ccc(N=[N+]=[N-])cc2)[C@](C(=O)O)([C@H]2[C@@H](O)[C@H](n3cnc4c(N)ncnc43)O[C@H]2COP(=O)(O)O[C@H]2[C@@H](O)[C@H](n3ccc(N)nc3=O)O[C@@H]2COP(=O)(O)O)C1. The van der Waals surface area contributed by atoms with Gasteiger partial charge in [-0.05, 0) is 29.8 Å². The Bertz CT molecular complexity index is 2660. The molecule has 1 aromatic carbocycles. The molecule has 3 aliphatic rings. The number of rotatable bonds is 17. The van der Waals surface area contributed by atoms with Crippen molar-refractivity contribution >= 4 is 77.8 Å². The van der Waals surface area contributed by atoms with Gasteiger partial charge in [-0.25, -0.2) is 38.5 Å². The summed E-state index contributed by atoms with van der Waals surface area (Å²) in [6.07, 6.45) is -9.13. The lowest BCUT2D eigenvalue weighted by Gasteiger charge is -2.41. The summed E-state index contributed by atoms with van der Waals surface area (Å²) in [5.41, 5.74) is 17.7. The van der Waals surface area contributed by atoms with Gasteiger partial charge < -0.3 is 55.7 Å². The average molecular weight is 1000 g/mol. The maximum absolute atomic E-state index is 14.1. The molecule has 356 valence electrons. The third-order valence-corrected chi connectivity index (χ3v) is 14.4. The van der Waals surface area contributed by atoms with Gasteiger partial charge in [0.2, 0.25) is 0 Å². The second kappa shape index (κ2) is 19.7. The molecule has 11 atom stereocenters. The van der Waals surface area contributed by atoms with Crippen molar-refractivity contribution in [1.29, 1.82) is 0 Å². The van der Waals surface area contributed by atoms with Crippen molar-refractivity contribution in [2.24, 2.45) is 11.0 Å². The van der Waals surface area contributed by atoms with Gasteiger partial charge in [0.15, 0.2) is 29.5 Å². The zero-order valence-electron chi connectivity index (χ0n) is 33.9. The van der Waals surface area contributed by atoms with Gasteiger partial charge in [-0.2, -0.15) is 4.98 Å². The third kappa shape index (κ3) is 10.1. The molecule has 3 aliphatic heterocycles. The van der Waals surface area contributed by atoms with Crippen LogP contribution in [0.5, 0.6) is 0 Å². The Balaban J connectivity index is 1.21. The number of carboxylic acids is 1. The van der Waals surface area contributed by atoms with Crippen LogP contribution in [0.2, 0.25) is 0 Å². The van der Waals surface area contributed by atoms with Crippen molar-refractivity contribution in [2.75, 3.05) is 37.5 Å². The van der Waals surface area contributed by atoms with E-state index < -0.39 is 106 Å². The van der Waals surface area contributed by atoms with Gasteiger partial charge >= 0.3 is 33.4 Å². The van der Waals surface area contributed by atoms with Gasteiger partial charge in [0.1, 0.15) is 48.7 Å². The molecule has 0 aliphatic carbocycles. The first kappa shape index (κ1) is 49.0. The Hall–Kier alpha value is -4.94. The summed E-state index contributed by atoms with van der Waals surface area (Å²) in [5.74, 6) is -3.61. The van der Waals surface area contributed by atoms with Crippen molar-refractivity contribution < 1.29 is 76.5 Å². The topological polar surface area (TPSA) is 428 Å². The number of aliphatic carboxylic acids is 1. The van der Waals surface area contributed by atoms with Crippen LogP contribution < -0.4 is 17.2 Å². The Morgan fingerprint density at radius 3 is 2.38 bits per heavy atom. The molecule has 10 N–H and O–H groups in total. The number of amides is 1. The molecule has 0 spiro atoms. The summed E-state index contributed by atoms with van der Waals surface area (Å²) < 4.78 is 60.1. The standard InChI is InChI=1S/C33H40N12O17P2S2/c1-65-66-17-8-33(30(48)49,45(9-17)32(51)57-10-15-2-4-16(5-3-15)41-42-36)21-18(60-28(23(21)46)44-14-39-22-26(35)37-13-38-27(22)44)11-59-64(55,56)62-25-19(12-58-63(52,53)54)61-29(24(25)47)43-7-6-20(34)40-31(43)50/h2-7,13-14,17-19,21,23-25,28-29,46-47H,8-12H2,1H3,(H,48,49)(H,55,56)(H2,34,40,50)(H2,35,37,38)(H2,52,53,54)/t17-,18+,19-,21-,23-,24-,25-,28-,29-,33+/m1/s1. The van der Waals surface area contributed by atoms with Crippen LogP contribution in [0.4, 0.5) is 22.1 Å². The number of benzene rings is 1. The number of nitrogens with two attached hydrogens (primary N) is 2. The number of carboxylic acid groups (broad SMARTS) is 1. The maximum Gasteiger partial charge on any atom is 0.472 e. The van der Waals surface area contributed by atoms with E-state index in [2.05, 4.69) is 34.5 Å². The second-order valence-electron chi connectivity index (χ2n) is 14.7. The first-order chi connectivity index (χ1) is 31.3. The number of nitrogens with zero attached hydrogens (tertiary/aromatic N) is 10. The Labute approximate surface area is 378 Å². The maximum atomic E-state index is 14.1. The number of carbonyl (C=O) groups is 2. The lowest BCUT2D eigenvalue weighted by Crippen LogP contribution is -2.62. The predicted molar refractivity (Wildman–Crippen MR) is 227 cm³/mol. The molecule has 33 heteroatoms. The third-order valence-electron chi connectivity index (χ3n) is 10.8. The minimum atomic E-state index is -5.55. The molecule has 0 saturated carbocycles. The number of hydrogen-bond acceptors (Lipinski definition) is 22. The largest absolute Gasteiger partial charge is 0.479 e. The van der Waals surface area contributed by atoms with Gasteiger partial charge in [-0.1, -0.05) is 51.0 Å². The number of aliphatic hydroxyl groups is 2. The fourth-order valence-electron chi connectivity index (χ4n) is 8.04. The van der Waals surface area contributed by atoms with Crippen molar-refractivity contribution in [2.45, 2.75) is 66.8 Å². The lowest BCUT2D eigenvalue weighted by molar-refractivity contribution is -0.157. The summed E-state index contributed by atoms with van der Waals surface area (Å²) in [6.45, 7) is -2.71. The van der Waals surface area contributed by atoms with Crippen LogP contribution >= 0.6 is 37.2 Å². The quantitative estimate of drug-likeness (QED) is 0.0242. The van der Waals surface area contributed by atoms with Gasteiger partial charge in [0.25, 0.3) is 0 Å². The minimum absolute atomic E-state index is 0.0288. The molecule has 6 heterocycles. The Morgan fingerprint density at radius 1 is 1.02 bits per heavy atom. The first-order valence-corrected chi connectivity index (χ1v) is 24.7. The number of fused-ring (bicyclic) bond motifs is 1. The number of nitrogen functional groups attached to an aromatic ring is 2. The molecule has 29 nitrogen and oxygen atoms in total. The van der Waals surface area contributed by atoms with Crippen LogP contribution in [-0.4, -0.2) is 143 Å². The molecular weight excluding hydrogens is 963 g/mol. The molecule has 3 fully saturated rings. The molecule has 3 aromatic heterocycles. The number of aromatic nitrogens is 6. The summed E-state index contributed by atoms with van der Waals surface area (Å²) >= 11 is 0. The first-order valence-electron chi connectivity index (χ1n) is 19.1. The van der Waals surface area contributed by atoms with E-state index in [1.54, 1.807) is 6.26 Å². The van der Waals surface area contributed by atoms with Gasteiger partial charge in [-0.3, -0.25) is 27.6 Å². The van der Waals surface area contributed by atoms with E-state index in [9.17, 15) is 53.5 Å².